The number of rotatable bonds is 4. The van der Waals surface area contributed by atoms with Crippen LogP contribution in [0.3, 0.4) is 0 Å². The van der Waals surface area contributed by atoms with E-state index in [1.54, 1.807) is 19.0 Å². The molecular formula is C11H19N3O. The second kappa shape index (κ2) is 4.98. The minimum Gasteiger partial charge on any atom is -0.353 e. The number of amides is 1. The molecule has 0 bridgehead atoms. The molecule has 0 radical (unpaired) electrons. The number of hydrogen-bond donors (Lipinski definition) is 1. The van der Waals surface area contributed by atoms with Crippen LogP contribution >= 0.6 is 0 Å². The molecule has 4 nitrogen and oxygen atoms in total. The third kappa shape index (κ3) is 3.09. The molecule has 0 unspecified atom stereocenters. The number of nitrogens with zero attached hydrogens (tertiary/aromatic N) is 2. The number of carbonyl (C=O) groups excluding carboxylic acids is 1. The van der Waals surface area contributed by atoms with E-state index in [4.69, 9.17) is 0 Å². The summed E-state index contributed by atoms with van der Waals surface area (Å²) < 4.78 is 2.04. The second-order valence-corrected chi connectivity index (χ2v) is 3.95. The summed E-state index contributed by atoms with van der Waals surface area (Å²) in [6, 6.07) is 3.89. The highest BCUT2D eigenvalue weighted by atomic mass is 16.2. The van der Waals surface area contributed by atoms with Gasteiger partial charge < -0.3 is 14.8 Å². The first-order valence-electron chi connectivity index (χ1n) is 5.07. The zero-order valence-corrected chi connectivity index (χ0v) is 9.82. The van der Waals surface area contributed by atoms with E-state index in [0.717, 1.165) is 0 Å². The Labute approximate surface area is 90.9 Å². The van der Waals surface area contributed by atoms with Crippen LogP contribution in [0.15, 0.2) is 18.3 Å². The van der Waals surface area contributed by atoms with Crippen molar-refractivity contribution in [2.24, 2.45) is 7.05 Å². The lowest BCUT2D eigenvalue weighted by atomic mass is 10.3. The van der Waals surface area contributed by atoms with Gasteiger partial charge >= 0.3 is 0 Å². The first-order chi connectivity index (χ1) is 7.02. The summed E-state index contributed by atoms with van der Waals surface area (Å²) in [5.74, 6) is 0.101. The average Bonchev–Trinajstić information content (AvgIpc) is 2.59. The maximum absolute atomic E-state index is 11.5. The SMILES string of the molecule is C[C@@H](NCc1cccn1C)C(=O)N(C)C. The molecule has 84 valence electrons. The summed E-state index contributed by atoms with van der Waals surface area (Å²) in [7, 11) is 5.53. The molecule has 1 rings (SSSR count). The Hall–Kier alpha value is -1.29. The van der Waals surface area contributed by atoms with E-state index in [-0.39, 0.29) is 11.9 Å². The molecule has 0 aliphatic rings. The van der Waals surface area contributed by atoms with Crippen LogP contribution in [-0.2, 0) is 18.4 Å². The quantitative estimate of drug-likeness (QED) is 0.788. The third-order valence-electron chi connectivity index (χ3n) is 2.45. The van der Waals surface area contributed by atoms with Crippen LogP contribution in [0, 0.1) is 0 Å². The molecule has 4 heteroatoms. The maximum atomic E-state index is 11.5. The lowest BCUT2D eigenvalue weighted by Gasteiger charge is -2.18. The van der Waals surface area contributed by atoms with Crippen LogP contribution in [0.25, 0.3) is 0 Å². The molecular weight excluding hydrogens is 190 g/mol. The van der Waals surface area contributed by atoms with Gasteiger partial charge in [-0.3, -0.25) is 4.79 Å². The van der Waals surface area contributed by atoms with E-state index in [1.807, 2.05) is 36.9 Å². The number of carbonyl (C=O) groups is 1. The van der Waals surface area contributed by atoms with E-state index >= 15 is 0 Å². The Kier molecular flexibility index (Phi) is 3.91. The van der Waals surface area contributed by atoms with Crippen molar-refractivity contribution in [1.82, 2.24) is 14.8 Å². The van der Waals surface area contributed by atoms with Gasteiger partial charge in [0.1, 0.15) is 0 Å². The van der Waals surface area contributed by atoms with Gasteiger partial charge in [-0.05, 0) is 19.1 Å². The van der Waals surface area contributed by atoms with E-state index in [9.17, 15) is 4.79 Å². The fraction of sp³-hybridized carbons (Fsp3) is 0.545. The fourth-order valence-electron chi connectivity index (χ4n) is 1.41. The largest absolute Gasteiger partial charge is 0.353 e. The average molecular weight is 209 g/mol. The number of aromatic nitrogens is 1. The first-order valence-corrected chi connectivity index (χ1v) is 5.07. The van der Waals surface area contributed by atoms with Crippen LogP contribution in [0.4, 0.5) is 0 Å². The molecule has 1 amide bonds. The lowest BCUT2D eigenvalue weighted by molar-refractivity contribution is -0.130. The standard InChI is InChI=1S/C11H19N3O/c1-9(11(15)13(2)3)12-8-10-6-5-7-14(10)4/h5-7,9,12H,8H2,1-4H3/t9-/m1/s1. The maximum Gasteiger partial charge on any atom is 0.238 e. The van der Waals surface area contributed by atoms with Gasteiger partial charge in [0.25, 0.3) is 0 Å². The van der Waals surface area contributed by atoms with Gasteiger partial charge in [-0.15, -0.1) is 0 Å². The number of nitrogens with one attached hydrogen (secondary N) is 1. The van der Waals surface area contributed by atoms with Gasteiger partial charge in [-0.1, -0.05) is 0 Å². The molecule has 1 N–H and O–H groups in total. The van der Waals surface area contributed by atoms with E-state index in [0.29, 0.717) is 6.54 Å². The van der Waals surface area contributed by atoms with Crippen molar-refractivity contribution in [2.75, 3.05) is 14.1 Å². The van der Waals surface area contributed by atoms with Crippen molar-refractivity contribution in [3.8, 4) is 0 Å². The minimum absolute atomic E-state index is 0.101. The summed E-state index contributed by atoms with van der Waals surface area (Å²) in [5.41, 5.74) is 1.17. The van der Waals surface area contributed by atoms with Gasteiger partial charge in [0.2, 0.25) is 5.91 Å². The molecule has 0 aliphatic heterocycles. The Bertz CT molecular complexity index is 330. The van der Waals surface area contributed by atoms with Crippen LogP contribution in [0.2, 0.25) is 0 Å². The molecule has 0 aliphatic carbocycles. The van der Waals surface area contributed by atoms with Gasteiger partial charge in [0.15, 0.2) is 0 Å². The predicted molar refractivity (Wildman–Crippen MR) is 60.4 cm³/mol. The van der Waals surface area contributed by atoms with Crippen LogP contribution in [-0.4, -0.2) is 35.5 Å². The molecule has 0 saturated carbocycles. The summed E-state index contributed by atoms with van der Waals surface area (Å²) in [4.78, 5) is 13.1. The van der Waals surface area contributed by atoms with E-state index < -0.39 is 0 Å². The van der Waals surface area contributed by atoms with Crippen LogP contribution < -0.4 is 5.32 Å². The van der Waals surface area contributed by atoms with Crippen molar-refractivity contribution < 1.29 is 4.79 Å². The second-order valence-electron chi connectivity index (χ2n) is 3.95. The first kappa shape index (κ1) is 11.8. The lowest BCUT2D eigenvalue weighted by Crippen LogP contribution is -2.41. The zero-order valence-electron chi connectivity index (χ0n) is 9.82. The molecule has 1 atom stereocenters. The molecule has 0 fully saturated rings. The molecule has 0 spiro atoms. The van der Waals surface area contributed by atoms with E-state index in [1.165, 1.54) is 5.69 Å². The van der Waals surface area contributed by atoms with Crippen molar-refractivity contribution in [3.05, 3.63) is 24.0 Å². The Morgan fingerprint density at radius 1 is 1.60 bits per heavy atom. The van der Waals surface area contributed by atoms with Crippen molar-refractivity contribution >= 4 is 5.91 Å². The summed E-state index contributed by atoms with van der Waals surface area (Å²) in [6.07, 6.45) is 2.00. The predicted octanol–water partition coefficient (Wildman–Crippen LogP) is 0.591. The number of aryl methyl sites for hydroxylation is 1. The molecule has 0 saturated heterocycles. The summed E-state index contributed by atoms with van der Waals surface area (Å²) in [5, 5.41) is 3.19. The number of likely N-dealkylation sites (N-methyl/N-ethyl adjacent to an activating group) is 1. The zero-order chi connectivity index (χ0) is 11.4. The smallest absolute Gasteiger partial charge is 0.238 e. The van der Waals surface area contributed by atoms with Crippen molar-refractivity contribution in [3.63, 3.8) is 0 Å². The Balaban J connectivity index is 2.44. The van der Waals surface area contributed by atoms with Gasteiger partial charge in [0, 0.05) is 39.6 Å². The molecule has 1 aromatic heterocycles. The fourth-order valence-corrected chi connectivity index (χ4v) is 1.41. The Morgan fingerprint density at radius 3 is 2.73 bits per heavy atom. The topological polar surface area (TPSA) is 37.3 Å². The molecule has 1 aromatic rings. The summed E-state index contributed by atoms with van der Waals surface area (Å²) >= 11 is 0. The van der Waals surface area contributed by atoms with E-state index in [2.05, 4.69) is 5.32 Å². The van der Waals surface area contributed by atoms with Crippen LogP contribution in [0.5, 0.6) is 0 Å². The normalized spacial score (nSPS) is 12.5. The third-order valence-corrected chi connectivity index (χ3v) is 2.45. The molecule has 0 aromatic carbocycles. The molecule has 15 heavy (non-hydrogen) atoms. The van der Waals surface area contributed by atoms with Crippen molar-refractivity contribution in [2.45, 2.75) is 19.5 Å². The van der Waals surface area contributed by atoms with Gasteiger partial charge in [0.05, 0.1) is 6.04 Å². The summed E-state index contributed by atoms with van der Waals surface area (Å²) in [6.45, 7) is 2.59. The van der Waals surface area contributed by atoms with Crippen LogP contribution in [0.1, 0.15) is 12.6 Å². The highest BCUT2D eigenvalue weighted by Crippen LogP contribution is 1.99. The monoisotopic (exact) mass is 209 g/mol. The number of hydrogen-bond acceptors (Lipinski definition) is 2. The van der Waals surface area contributed by atoms with Gasteiger partial charge in [-0.25, -0.2) is 0 Å². The minimum atomic E-state index is -0.144. The molecule has 1 heterocycles. The Morgan fingerprint density at radius 2 is 2.27 bits per heavy atom. The van der Waals surface area contributed by atoms with Crippen molar-refractivity contribution in [1.29, 1.82) is 0 Å². The highest BCUT2D eigenvalue weighted by molar-refractivity contribution is 5.80. The van der Waals surface area contributed by atoms with Gasteiger partial charge in [-0.2, -0.15) is 0 Å². The highest BCUT2D eigenvalue weighted by Gasteiger charge is 2.13.